The smallest absolute Gasteiger partial charge is 0.391 e. The monoisotopic (exact) mass is 434 g/mol. The van der Waals surface area contributed by atoms with E-state index in [2.05, 4.69) is 9.84 Å². The number of hydrogen-bond donors (Lipinski definition) is 0. The van der Waals surface area contributed by atoms with Gasteiger partial charge in [-0.25, -0.2) is 0 Å². The average Bonchev–Trinajstić information content (AvgIpc) is 2.97. The molecule has 0 aliphatic carbocycles. The van der Waals surface area contributed by atoms with Crippen molar-refractivity contribution in [2.75, 3.05) is 0 Å². The summed E-state index contributed by atoms with van der Waals surface area (Å²) in [6, 6.07) is 4.32. The van der Waals surface area contributed by atoms with Gasteiger partial charge in [0.25, 0.3) is 0 Å². The van der Waals surface area contributed by atoms with Crippen molar-refractivity contribution >= 4 is 6.15 Å². The second-order valence-corrected chi connectivity index (χ2v) is 6.53. The van der Waals surface area contributed by atoms with E-state index >= 15 is 0 Å². The summed E-state index contributed by atoms with van der Waals surface area (Å²) in [6.45, 7) is 4.17. The van der Waals surface area contributed by atoms with Crippen molar-refractivity contribution in [3.63, 3.8) is 0 Å². The molecule has 1 aromatic heterocycles. The first-order valence-corrected chi connectivity index (χ1v) is 9.20. The van der Waals surface area contributed by atoms with E-state index in [0.717, 1.165) is 18.2 Å². The SMILES string of the molecule is CCc1nn(CC)c(-c2ccc(C[C@H](C)C(F)(F)F)cc2OC(F)F)c1C.O=C=O. The predicted molar refractivity (Wildman–Crippen MR) is 98.0 cm³/mol. The van der Waals surface area contributed by atoms with Crippen molar-refractivity contribution < 1.29 is 36.3 Å². The fourth-order valence-electron chi connectivity index (χ4n) is 3.06. The van der Waals surface area contributed by atoms with Gasteiger partial charge in [0.15, 0.2) is 0 Å². The Bertz CT molecular complexity index is 872. The van der Waals surface area contributed by atoms with Crippen molar-refractivity contribution in [3.05, 3.63) is 35.0 Å². The molecule has 0 spiro atoms. The fourth-order valence-corrected chi connectivity index (χ4v) is 3.06. The van der Waals surface area contributed by atoms with Crippen molar-refractivity contribution in [1.82, 2.24) is 9.78 Å². The van der Waals surface area contributed by atoms with Crippen LogP contribution in [0.4, 0.5) is 22.0 Å². The summed E-state index contributed by atoms with van der Waals surface area (Å²) in [7, 11) is 0. The van der Waals surface area contributed by atoms with Crippen LogP contribution in [0.1, 0.15) is 37.6 Å². The molecule has 0 aliphatic rings. The zero-order valence-electron chi connectivity index (χ0n) is 17.0. The second kappa shape index (κ2) is 10.9. The summed E-state index contributed by atoms with van der Waals surface area (Å²) in [5, 5.41) is 4.47. The van der Waals surface area contributed by atoms with Crippen LogP contribution >= 0.6 is 0 Å². The third kappa shape index (κ3) is 6.38. The zero-order valence-corrected chi connectivity index (χ0v) is 17.0. The number of hydrogen-bond acceptors (Lipinski definition) is 4. The summed E-state index contributed by atoms with van der Waals surface area (Å²) < 4.78 is 70.7. The third-order valence-electron chi connectivity index (χ3n) is 4.54. The number of aromatic nitrogens is 2. The van der Waals surface area contributed by atoms with E-state index in [0.29, 0.717) is 24.2 Å². The molecule has 0 unspecified atom stereocenters. The van der Waals surface area contributed by atoms with Gasteiger partial charge in [0, 0.05) is 12.1 Å². The topological polar surface area (TPSA) is 61.2 Å². The molecule has 2 aromatic rings. The lowest BCUT2D eigenvalue weighted by Gasteiger charge is -2.18. The molecule has 0 amide bonds. The molecule has 0 fully saturated rings. The van der Waals surface area contributed by atoms with E-state index in [9.17, 15) is 22.0 Å². The van der Waals surface area contributed by atoms with Crippen molar-refractivity contribution in [3.8, 4) is 17.0 Å². The van der Waals surface area contributed by atoms with Crippen LogP contribution in [0.3, 0.4) is 0 Å². The van der Waals surface area contributed by atoms with E-state index in [-0.39, 0.29) is 23.9 Å². The van der Waals surface area contributed by atoms with Gasteiger partial charge in [0.05, 0.1) is 17.3 Å². The lowest BCUT2D eigenvalue weighted by molar-refractivity contribution is -0.191. The van der Waals surface area contributed by atoms with Crippen LogP contribution in [0.5, 0.6) is 5.75 Å². The number of aryl methyl sites for hydroxylation is 2. The molecule has 0 aliphatic heterocycles. The lowest BCUT2D eigenvalue weighted by atomic mass is 9.97. The van der Waals surface area contributed by atoms with E-state index in [1.54, 1.807) is 4.68 Å². The summed E-state index contributed by atoms with van der Waals surface area (Å²) >= 11 is 0. The molecule has 0 N–H and O–H groups in total. The molecule has 10 heteroatoms. The Morgan fingerprint density at radius 2 is 1.80 bits per heavy atom. The van der Waals surface area contributed by atoms with Crippen LogP contribution in [0, 0.1) is 12.8 Å². The maximum Gasteiger partial charge on any atom is 0.391 e. The van der Waals surface area contributed by atoms with Crippen molar-refractivity contribution in [2.45, 2.75) is 59.9 Å². The van der Waals surface area contributed by atoms with Gasteiger partial charge in [-0.05, 0) is 49.9 Å². The highest BCUT2D eigenvalue weighted by molar-refractivity contribution is 5.71. The average molecular weight is 434 g/mol. The highest BCUT2D eigenvalue weighted by atomic mass is 19.4. The first kappa shape index (κ1) is 25.3. The first-order valence-electron chi connectivity index (χ1n) is 9.20. The quantitative estimate of drug-likeness (QED) is 0.562. The van der Waals surface area contributed by atoms with Gasteiger partial charge < -0.3 is 4.74 Å². The molecule has 0 saturated carbocycles. The van der Waals surface area contributed by atoms with E-state index in [4.69, 9.17) is 9.59 Å². The Hall–Kier alpha value is -2.74. The minimum atomic E-state index is -4.35. The molecule has 0 saturated heterocycles. The standard InChI is InChI=1S/C19H23F5N2O.CO2/c1-5-15-12(4)17(26(6-2)25-15)14-8-7-13(9-11(3)19(22,23)24)10-16(14)27-18(20)21;2-1-3/h7-8,10-11,18H,5-6,9H2,1-4H3;/t11-;/m0./s1. The van der Waals surface area contributed by atoms with Crippen molar-refractivity contribution in [2.24, 2.45) is 5.92 Å². The Labute approximate surface area is 170 Å². The molecule has 2 rings (SSSR count). The molecule has 30 heavy (non-hydrogen) atoms. The Morgan fingerprint density at radius 1 is 1.20 bits per heavy atom. The maximum atomic E-state index is 12.9. The van der Waals surface area contributed by atoms with Crippen LogP contribution < -0.4 is 4.74 Å². The molecule has 1 heterocycles. The second-order valence-electron chi connectivity index (χ2n) is 6.53. The molecule has 1 aromatic carbocycles. The van der Waals surface area contributed by atoms with Gasteiger partial charge in [0.1, 0.15) is 5.75 Å². The highest BCUT2D eigenvalue weighted by Crippen LogP contribution is 2.37. The molecule has 5 nitrogen and oxygen atoms in total. The number of nitrogens with zero attached hydrogens (tertiary/aromatic N) is 2. The van der Waals surface area contributed by atoms with Gasteiger partial charge in [-0.3, -0.25) is 4.68 Å². The van der Waals surface area contributed by atoms with Crippen LogP contribution in [0.2, 0.25) is 0 Å². The molecular weight excluding hydrogens is 411 g/mol. The molecule has 0 radical (unpaired) electrons. The minimum absolute atomic E-state index is 0.141. The summed E-state index contributed by atoms with van der Waals surface area (Å²) in [5.41, 5.74) is 3.00. The fraction of sp³-hybridized carbons (Fsp3) is 0.500. The molecule has 166 valence electrons. The minimum Gasteiger partial charge on any atom is -0.434 e. The Balaban J connectivity index is 0.00000141. The summed E-state index contributed by atoms with van der Waals surface area (Å²) in [4.78, 5) is 16.2. The number of alkyl halides is 5. The van der Waals surface area contributed by atoms with Gasteiger partial charge in [-0.1, -0.05) is 19.9 Å². The Kier molecular flexibility index (Phi) is 9.17. The lowest BCUT2D eigenvalue weighted by Crippen LogP contribution is -2.21. The molecular formula is C20H23F5N2O3. The van der Waals surface area contributed by atoms with Crippen LogP contribution in [-0.2, 0) is 29.0 Å². The van der Waals surface area contributed by atoms with Crippen LogP contribution in [0.15, 0.2) is 18.2 Å². The highest BCUT2D eigenvalue weighted by Gasteiger charge is 2.35. The summed E-state index contributed by atoms with van der Waals surface area (Å²) in [5.74, 6) is -1.73. The van der Waals surface area contributed by atoms with Crippen LogP contribution in [0.25, 0.3) is 11.3 Å². The van der Waals surface area contributed by atoms with Gasteiger partial charge in [-0.2, -0.15) is 36.6 Å². The number of rotatable bonds is 7. The van der Waals surface area contributed by atoms with Gasteiger partial charge >= 0.3 is 18.9 Å². The number of ether oxygens (including phenoxy) is 1. The normalized spacial score (nSPS) is 12.2. The third-order valence-corrected chi connectivity index (χ3v) is 4.54. The molecule has 0 bridgehead atoms. The zero-order chi connectivity index (χ0) is 23.1. The van der Waals surface area contributed by atoms with Crippen LogP contribution in [-0.4, -0.2) is 28.7 Å². The predicted octanol–water partition coefficient (Wildman–Crippen LogP) is 5.20. The largest absolute Gasteiger partial charge is 0.434 e. The first-order chi connectivity index (χ1) is 14.0. The van der Waals surface area contributed by atoms with E-state index < -0.39 is 18.7 Å². The van der Waals surface area contributed by atoms with Gasteiger partial charge in [-0.15, -0.1) is 0 Å². The van der Waals surface area contributed by atoms with Gasteiger partial charge in [0.2, 0.25) is 0 Å². The maximum absolute atomic E-state index is 12.9. The molecule has 1 atom stereocenters. The van der Waals surface area contributed by atoms with E-state index in [1.165, 1.54) is 18.2 Å². The number of benzene rings is 1. The Morgan fingerprint density at radius 3 is 2.27 bits per heavy atom. The van der Waals surface area contributed by atoms with E-state index in [1.807, 2.05) is 20.8 Å². The summed E-state index contributed by atoms with van der Waals surface area (Å²) in [6.07, 6.45) is -3.73. The van der Waals surface area contributed by atoms with Crippen molar-refractivity contribution in [1.29, 1.82) is 0 Å². The number of halogens is 5. The number of carbonyl (C=O) groups excluding carboxylic acids is 2.